The predicted molar refractivity (Wildman–Crippen MR) is 60.1 cm³/mol. The molecule has 124 valence electrons. The van der Waals surface area contributed by atoms with Crippen molar-refractivity contribution in [1.29, 1.82) is 0 Å². The highest BCUT2D eigenvalue weighted by atomic mass is 19.4. The second kappa shape index (κ2) is 5.76. The van der Waals surface area contributed by atoms with E-state index >= 15 is 0 Å². The van der Waals surface area contributed by atoms with E-state index in [9.17, 15) is 30.7 Å². The fraction of sp³-hybridized carbons (Fsp3) is 0.636. The first kappa shape index (κ1) is 16.6. The van der Waals surface area contributed by atoms with Gasteiger partial charge in [-0.3, -0.25) is 0 Å². The number of nitrogens with zero attached hydrogens (tertiary/aromatic N) is 3. The Bertz CT molecular complexity index is 525. The van der Waals surface area contributed by atoms with Crippen LogP contribution in [0.4, 0.5) is 36.6 Å². The molecule has 0 bridgehead atoms. The lowest BCUT2D eigenvalue weighted by Crippen LogP contribution is -2.40. The van der Waals surface area contributed by atoms with Crippen LogP contribution >= 0.6 is 0 Å². The molecule has 0 amide bonds. The van der Waals surface area contributed by atoms with Gasteiger partial charge < -0.3 is 9.64 Å². The van der Waals surface area contributed by atoms with Crippen molar-refractivity contribution in [2.24, 2.45) is 0 Å². The van der Waals surface area contributed by atoms with Gasteiger partial charge in [0.25, 0.3) is 5.92 Å². The maximum atomic E-state index is 13.0. The van der Waals surface area contributed by atoms with E-state index in [1.54, 1.807) is 0 Å². The van der Waals surface area contributed by atoms with Crippen molar-refractivity contribution in [2.75, 3.05) is 18.0 Å². The molecule has 2 heterocycles. The maximum absolute atomic E-state index is 13.0. The first-order valence-corrected chi connectivity index (χ1v) is 6.10. The number of piperidine rings is 1. The average Bonchev–Trinajstić information content (AvgIpc) is 2.37. The summed E-state index contributed by atoms with van der Waals surface area (Å²) < 4.78 is 92.3. The van der Waals surface area contributed by atoms with Crippen molar-refractivity contribution in [1.82, 2.24) is 9.97 Å². The SMILES string of the molecule is FC(F)Oc1ncc(N2CCC(F)(F)CC2)nc1C(F)(F)F. The first-order chi connectivity index (χ1) is 10.1. The Hall–Kier alpha value is -1.81. The van der Waals surface area contributed by atoms with Crippen LogP contribution in [0, 0.1) is 0 Å². The zero-order valence-electron chi connectivity index (χ0n) is 10.9. The van der Waals surface area contributed by atoms with E-state index in [1.165, 1.54) is 4.90 Å². The number of hydrogen-bond donors (Lipinski definition) is 0. The van der Waals surface area contributed by atoms with Gasteiger partial charge in [0.2, 0.25) is 11.6 Å². The van der Waals surface area contributed by atoms with Gasteiger partial charge in [-0.1, -0.05) is 0 Å². The Morgan fingerprint density at radius 3 is 2.27 bits per heavy atom. The molecule has 1 saturated heterocycles. The van der Waals surface area contributed by atoms with Gasteiger partial charge in [0.15, 0.2) is 0 Å². The molecule has 2 rings (SSSR count). The fourth-order valence-electron chi connectivity index (χ4n) is 1.94. The molecular formula is C11H10F7N3O. The van der Waals surface area contributed by atoms with Gasteiger partial charge >= 0.3 is 12.8 Å². The zero-order valence-corrected chi connectivity index (χ0v) is 10.9. The Balaban J connectivity index is 2.27. The number of anilines is 1. The van der Waals surface area contributed by atoms with E-state index in [1.807, 2.05) is 0 Å². The summed E-state index contributed by atoms with van der Waals surface area (Å²) in [6, 6.07) is 0. The van der Waals surface area contributed by atoms with Crippen molar-refractivity contribution in [3.63, 3.8) is 0 Å². The highest BCUT2D eigenvalue weighted by Gasteiger charge is 2.40. The Kier molecular flexibility index (Phi) is 4.34. The summed E-state index contributed by atoms with van der Waals surface area (Å²) in [5.41, 5.74) is -1.72. The van der Waals surface area contributed by atoms with Crippen LogP contribution in [0.2, 0.25) is 0 Å². The van der Waals surface area contributed by atoms with Crippen LogP contribution in [0.5, 0.6) is 5.88 Å². The molecule has 0 aromatic carbocycles. The van der Waals surface area contributed by atoms with Gasteiger partial charge in [0, 0.05) is 25.9 Å². The zero-order chi connectivity index (χ0) is 16.5. The normalized spacial score (nSPS) is 18.6. The van der Waals surface area contributed by atoms with Crippen LogP contribution in [0.1, 0.15) is 18.5 Å². The Morgan fingerprint density at radius 1 is 1.18 bits per heavy atom. The third kappa shape index (κ3) is 3.89. The van der Waals surface area contributed by atoms with Gasteiger partial charge in [0.05, 0.1) is 6.20 Å². The number of rotatable bonds is 3. The lowest BCUT2D eigenvalue weighted by atomic mass is 10.1. The molecule has 1 fully saturated rings. The average molecular weight is 333 g/mol. The number of ether oxygens (including phenoxy) is 1. The summed E-state index contributed by atoms with van der Waals surface area (Å²) in [5, 5.41) is 0. The van der Waals surface area contributed by atoms with Gasteiger partial charge in [-0.15, -0.1) is 0 Å². The molecule has 1 aliphatic heterocycles. The van der Waals surface area contributed by atoms with Crippen LogP contribution in [0.25, 0.3) is 0 Å². The van der Waals surface area contributed by atoms with E-state index in [-0.39, 0.29) is 18.9 Å². The van der Waals surface area contributed by atoms with Crippen molar-refractivity contribution >= 4 is 5.82 Å². The molecule has 0 spiro atoms. The summed E-state index contributed by atoms with van der Waals surface area (Å²) in [7, 11) is 0. The molecule has 4 nitrogen and oxygen atoms in total. The van der Waals surface area contributed by atoms with Gasteiger partial charge in [-0.05, 0) is 0 Å². The van der Waals surface area contributed by atoms with Crippen LogP contribution in [-0.4, -0.2) is 35.6 Å². The van der Waals surface area contributed by atoms with E-state index in [2.05, 4.69) is 14.7 Å². The quantitative estimate of drug-likeness (QED) is 0.796. The minimum Gasteiger partial charge on any atom is -0.415 e. The molecule has 1 aromatic rings. The summed E-state index contributed by atoms with van der Waals surface area (Å²) in [5.74, 6) is -4.55. The lowest BCUT2D eigenvalue weighted by molar-refractivity contribution is -0.146. The second-order valence-corrected chi connectivity index (χ2v) is 4.60. The van der Waals surface area contributed by atoms with Crippen LogP contribution in [0.15, 0.2) is 6.20 Å². The molecule has 11 heteroatoms. The van der Waals surface area contributed by atoms with Gasteiger partial charge in [-0.2, -0.15) is 22.0 Å². The third-order valence-corrected chi connectivity index (χ3v) is 3.01. The minimum absolute atomic E-state index is 0.214. The topological polar surface area (TPSA) is 38.2 Å². The largest absolute Gasteiger partial charge is 0.438 e. The summed E-state index contributed by atoms with van der Waals surface area (Å²) in [6.07, 6.45) is -5.35. The number of alkyl halides is 7. The predicted octanol–water partition coefficient (Wildman–Crippen LogP) is 3.33. The maximum Gasteiger partial charge on any atom is 0.438 e. The van der Waals surface area contributed by atoms with Crippen molar-refractivity contribution in [3.05, 3.63) is 11.9 Å². The van der Waals surface area contributed by atoms with E-state index in [0.717, 1.165) is 6.20 Å². The number of halogens is 7. The monoisotopic (exact) mass is 333 g/mol. The van der Waals surface area contributed by atoms with Gasteiger partial charge in [0.1, 0.15) is 5.82 Å². The molecule has 0 aliphatic carbocycles. The standard InChI is InChI=1S/C11H10F7N3O/c12-9(13)22-8-7(11(16,17)18)20-6(5-19-8)21-3-1-10(14,15)2-4-21/h5,9H,1-4H2. The van der Waals surface area contributed by atoms with Crippen LogP contribution in [-0.2, 0) is 6.18 Å². The first-order valence-electron chi connectivity index (χ1n) is 6.10. The molecule has 1 aliphatic rings. The molecule has 0 unspecified atom stereocenters. The second-order valence-electron chi connectivity index (χ2n) is 4.60. The summed E-state index contributed by atoms with van der Waals surface area (Å²) in [4.78, 5) is 7.57. The fourth-order valence-corrected chi connectivity index (χ4v) is 1.94. The van der Waals surface area contributed by atoms with Crippen LogP contribution in [0.3, 0.4) is 0 Å². The minimum atomic E-state index is -5.06. The van der Waals surface area contributed by atoms with Crippen molar-refractivity contribution < 1.29 is 35.5 Å². The molecule has 0 radical (unpaired) electrons. The third-order valence-electron chi connectivity index (χ3n) is 3.01. The molecule has 0 saturated carbocycles. The lowest BCUT2D eigenvalue weighted by Gasteiger charge is -2.32. The summed E-state index contributed by atoms with van der Waals surface area (Å²) >= 11 is 0. The van der Waals surface area contributed by atoms with E-state index in [4.69, 9.17) is 0 Å². The van der Waals surface area contributed by atoms with Crippen molar-refractivity contribution in [3.8, 4) is 5.88 Å². The van der Waals surface area contributed by atoms with Crippen LogP contribution < -0.4 is 9.64 Å². The summed E-state index contributed by atoms with van der Waals surface area (Å²) in [6.45, 7) is -3.92. The number of aromatic nitrogens is 2. The smallest absolute Gasteiger partial charge is 0.415 e. The highest BCUT2D eigenvalue weighted by molar-refractivity contribution is 5.40. The number of hydrogen-bond acceptors (Lipinski definition) is 4. The Morgan fingerprint density at radius 2 is 1.77 bits per heavy atom. The molecule has 0 atom stereocenters. The van der Waals surface area contributed by atoms with E-state index < -0.39 is 43.1 Å². The molecule has 0 N–H and O–H groups in total. The molecule has 1 aromatic heterocycles. The van der Waals surface area contributed by atoms with E-state index in [0.29, 0.717) is 0 Å². The van der Waals surface area contributed by atoms with Gasteiger partial charge in [-0.25, -0.2) is 18.7 Å². The highest BCUT2D eigenvalue weighted by Crippen LogP contribution is 2.36. The van der Waals surface area contributed by atoms with Crippen molar-refractivity contribution in [2.45, 2.75) is 31.6 Å². The molecular weight excluding hydrogens is 323 g/mol. The Labute approximate surface area is 119 Å². The molecule has 22 heavy (non-hydrogen) atoms.